The molecule has 8 heteroatoms. The molecule has 0 spiro atoms. The zero-order valence-corrected chi connectivity index (χ0v) is 8.71. The maximum absolute atomic E-state index is 9.90. The average Bonchev–Trinajstić information content (AvgIpc) is 2.15. The molecule has 0 aromatic rings. The zero-order chi connectivity index (χ0) is 14.2. The Labute approximate surface area is 95.1 Å². The summed E-state index contributed by atoms with van der Waals surface area (Å²) in [6.45, 7) is 3.97. The highest BCUT2D eigenvalue weighted by Gasteiger charge is 2.10. The van der Waals surface area contributed by atoms with E-state index >= 15 is 0 Å². The number of rotatable bonds is 4. The van der Waals surface area contributed by atoms with Crippen LogP contribution in [0.1, 0.15) is 6.92 Å². The summed E-state index contributed by atoms with van der Waals surface area (Å²) in [6, 6.07) is 0. The van der Waals surface area contributed by atoms with Gasteiger partial charge in [-0.1, -0.05) is 6.58 Å². The van der Waals surface area contributed by atoms with Gasteiger partial charge in [0.1, 0.15) is 5.57 Å². The summed E-state index contributed by atoms with van der Waals surface area (Å²) < 4.78 is 0. The summed E-state index contributed by atoms with van der Waals surface area (Å²) in [5.41, 5.74) is -0.993. The average molecular weight is 246 g/mol. The van der Waals surface area contributed by atoms with Gasteiger partial charge >= 0.3 is 23.9 Å². The Balaban J connectivity index is 0. The lowest BCUT2D eigenvalue weighted by atomic mass is 10.3. The summed E-state index contributed by atoms with van der Waals surface area (Å²) in [4.78, 5) is 39.0. The molecule has 0 unspecified atom stereocenters. The fraction of sp³-hybridized carbons (Fsp3) is 0.111. The van der Waals surface area contributed by atoms with Crippen molar-refractivity contribution in [3.8, 4) is 0 Å². The van der Waals surface area contributed by atoms with E-state index in [0.717, 1.165) is 0 Å². The molecular weight excluding hydrogens is 236 g/mol. The van der Waals surface area contributed by atoms with Gasteiger partial charge in [-0.3, -0.25) is 0 Å². The number of carboxylic acids is 4. The minimum Gasteiger partial charge on any atom is -0.478 e. The molecule has 94 valence electrons. The third kappa shape index (κ3) is 9.66. The van der Waals surface area contributed by atoms with Crippen molar-refractivity contribution >= 4 is 23.9 Å². The number of carboxylic acid groups (broad SMARTS) is 4. The third-order valence-electron chi connectivity index (χ3n) is 1.19. The number of carbonyl (C=O) groups is 4. The van der Waals surface area contributed by atoms with Crippen molar-refractivity contribution in [2.75, 3.05) is 0 Å². The molecule has 0 aromatic heterocycles. The van der Waals surface area contributed by atoms with Crippen LogP contribution in [0.3, 0.4) is 0 Å². The van der Waals surface area contributed by atoms with Crippen LogP contribution in [0.5, 0.6) is 0 Å². The largest absolute Gasteiger partial charge is 0.478 e. The first-order valence-corrected chi connectivity index (χ1v) is 3.89. The maximum Gasteiger partial charge on any atom is 0.342 e. The van der Waals surface area contributed by atoms with Gasteiger partial charge in [0.25, 0.3) is 0 Å². The van der Waals surface area contributed by atoms with Gasteiger partial charge in [0.2, 0.25) is 0 Å². The first-order chi connectivity index (χ1) is 7.59. The lowest BCUT2D eigenvalue weighted by Crippen LogP contribution is -2.08. The summed E-state index contributed by atoms with van der Waals surface area (Å²) in [5.74, 6) is -5.46. The molecule has 0 aromatic carbocycles. The molecule has 0 saturated carbocycles. The molecule has 0 rings (SSSR count). The van der Waals surface area contributed by atoms with Gasteiger partial charge in [0.05, 0.1) is 0 Å². The quantitative estimate of drug-likeness (QED) is 0.303. The van der Waals surface area contributed by atoms with E-state index in [4.69, 9.17) is 20.4 Å². The number of hydrogen-bond acceptors (Lipinski definition) is 4. The van der Waals surface area contributed by atoms with Crippen LogP contribution in [0.4, 0.5) is 0 Å². The third-order valence-corrected chi connectivity index (χ3v) is 1.19. The zero-order valence-electron chi connectivity index (χ0n) is 8.71. The van der Waals surface area contributed by atoms with Gasteiger partial charge in [0, 0.05) is 11.6 Å². The topological polar surface area (TPSA) is 149 Å². The Bertz CT molecular complexity index is 374. The number of hydrogen-bond donors (Lipinski definition) is 4. The molecule has 0 bridgehead atoms. The van der Waals surface area contributed by atoms with E-state index in [9.17, 15) is 19.2 Å². The SMILES string of the molecule is C=C(C(=O)O)C(=O)O.CC(=CC(=O)O)C(=O)O. The second-order valence-electron chi connectivity index (χ2n) is 2.56. The van der Waals surface area contributed by atoms with E-state index in [1.165, 1.54) is 6.92 Å². The highest BCUT2D eigenvalue weighted by Crippen LogP contribution is 1.89. The monoisotopic (exact) mass is 246 g/mol. The molecule has 0 aliphatic heterocycles. The molecule has 0 fully saturated rings. The summed E-state index contributed by atoms with van der Waals surface area (Å²) in [5, 5.41) is 31.8. The molecule has 8 nitrogen and oxygen atoms in total. The van der Waals surface area contributed by atoms with Gasteiger partial charge in [0.15, 0.2) is 0 Å². The fourth-order valence-corrected chi connectivity index (χ4v) is 0.338. The molecular formula is C9H10O8. The van der Waals surface area contributed by atoms with E-state index in [1.807, 2.05) is 0 Å². The van der Waals surface area contributed by atoms with E-state index in [-0.39, 0.29) is 5.57 Å². The highest BCUT2D eigenvalue weighted by atomic mass is 16.4. The van der Waals surface area contributed by atoms with Crippen LogP contribution >= 0.6 is 0 Å². The predicted octanol–water partition coefficient (Wildman–Crippen LogP) is -0.186. The van der Waals surface area contributed by atoms with Gasteiger partial charge in [-0.2, -0.15) is 0 Å². The van der Waals surface area contributed by atoms with Gasteiger partial charge in [-0.05, 0) is 6.92 Å². The maximum atomic E-state index is 9.90. The molecule has 4 N–H and O–H groups in total. The van der Waals surface area contributed by atoms with Crippen molar-refractivity contribution in [1.29, 1.82) is 0 Å². The van der Waals surface area contributed by atoms with Gasteiger partial charge in [-0.25, -0.2) is 19.2 Å². The van der Waals surface area contributed by atoms with Crippen molar-refractivity contribution in [1.82, 2.24) is 0 Å². The minimum atomic E-state index is -1.50. The van der Waals surface area contributed by atoms with Crippen LogP contribution in [0.25, 0.3) is 0 Å². The normalized spacial score (nSPS) is 9.59. The van der Waals surface area contributed by atoms with Crippen LogP contribution in [-0.2, 0) is 19.2 Å². The van der Waals surface area contributed by atoms with Crippen molar-refractivity contribution in [2.45, 2.75) is 6.92 Å². The second-order valence-corrected chi connectivity index (χ2v) is 2.56. The molecule has 0 heterocycles. The standard InChI is InChI=1S/C5H6O4.C4H4O4/c1-3(5(8)9)2-4(6)7;1-2(3(5)6)4(7)8/h2H,1H3,(H,6,7)(H,8,9);1H2,(H,5,6)(H,7,8). The predicted molar refractivity (Wildman–Crippen MR) is 53.4 cm³/mol. The van der Waals surface area contributed by atoms with Crippen LogP contribution in [0, 0.1) is 0 Å². The number of aliphatic carboxylic acids is 4. The fourth-order valence-electron chi connectivity index (χ4n) is 0.338. The summed E-state index contributed by atoms with van der Waals surface area (Å²) in [7, 11) is 0. The molecule has 0 amide bonds. The molecule has 0 aliphatic carbocycles. The smallest absolute Gasteiger partial charge is 0.342 e. The van der Waals surface area contributed by atoms with Gasteiger partial charge < -0.3 is 20.4 Å². The van der Waals surface area contributed by atoms with Crippen LogP contribution in [0.15, 0.2) is 23.8 Å². The van der Waals surface area contributed by atoms with Crippen molar-refractivity contribution in [3.63, 3.8) is 0 Å². The van der Waals surface area contributed by atoms with Crippen LogP contribution < -0.4 is 0 Å². The second kappa shape index (κ2) is 7.63. The Morgan fingerprint density at radius 1 is 0.882 bits per heavy atom. The van der Waals surface area contributed by atoms with E-state index < -0.39 is 29.5 Å². The molecule has 0 aliphatic rings. The van der Waals surface area contributed by atoms with E-state index in [1.54, 1.807) is 0 Å². The molecule has 0 radical (unpaired) electrons. The lowest BCUT2D eigenvalue weighted by Gasteiger charge is -1.86. The Kier molecular flexibility index (Phi) is 7.53. The first-order valence-electron chi connectivity index (χ1n) is 3.89. The highest BCUT2D eigenvalue weighted by molar-refractivity contribution is 6.11. The van der Waals surface area contributed by atoms with Crippen molar-refractivity contribution in [3.05, 3.63) is 23.8 Å². The molecule has 0 saturated heterocycles. The minimum absolute atomic E-state index is 0.178. The molecule has 0 atom stereocenters. The first kappa shape index (κ1) is 16.8. The van der Waals surface area contributed by atoms with Crippen LogP contribution in [0.2, 0.25) is 0 Å². The molecule has 17 heavy (non-hydrogen) atoms. The van der Waals surface area contributed by atoms with Crippen molar-refractivity contribution in [2.24, 2.45) is 0 Å². The summed E-state index contributed by atoms with van der Waals surface area (Å²) in [6.07, 6.45) is 0.641. The Hall–Kier alpha value is -2.64. The van der Waals surface area contributed by atoms with E-state index in [2.05, 4.69) is 6.58 Å². The summed E-state index contributed by atoms with van der Waals surface area (Å²) >= 11 is 0. The van der Waals surface area contributed by atoms with Crippen LogP contribution in [-0.4, -0.2) is 44.3 Å². The van der Waals surface area contributed by atoms with Gasteiger partial charge in [-0.15, -0.1) is 0 Å². The lowest BCUT2D eigenvalue weighted by molar-refractivity contribution is -0.140. The Morgan fingerprint density at radius 3 is 1.29 bits per heavy atom. The van der Waals surface area contributed by atoms with E-state index in [0.29, 0.717) is 6.08 Å². The van der Waals surface area contributed by atoms with Crippen molar-refractivity contribution < 1.29 is 39.6 Å². The Morgan fingerprint density at radius 2 is 1.24 bits per heavy atom.